The Morgan fingerprint density at radius 3 is 2.48 bits per heavy atom. The molecule has 0 aliphatic rings. The molecule has 0 radical (unpaired) electrons. The minimum absolute atomic E-state index is 0.146. The SMILES string of the molecule is CCCCc1ccnc(C(=O)NCCNCCNC(=O)c2cccnc2)c1. The van der Waals surface area contributed by atoms with Crippen molar-refractivity contribution in [1.29, 1.82) is 0 Å². The Bertz CT molecular complexity index is 721. The van der Waals surface area contributed by atoms with Gasteiger partial charge in [0.1, 0.15) is 5.69 Å². The first kappa shape index (κ1) is 20.5. The van der Waals surface area contributed by atoms with Crippen LogP contribution in [-0.2, 0) is 6.42 Å². The van der Waals surface area contributed by atoms with E-state index in [2.05, 4.69) is 32.8 Å². The molecule has 0 saturated carbocycles. The van der Waals surface area contributed by atoms with Gasteiger partial charge >= 0.3 is 0 Å². The summed E-state index contributed by atoms with van der Waals surface area (Å²) in [7, 11) is 0. The molecule has 7 heteroatoms. The molecule has 144 valence electrons. The number of rotatable bonds is 11. The molecule has 0 aliphatic heterocycles. The summed E-state index contributed by atoms with van der Waals surface area (Å²) in [6.45, 7) is 4.38. The highest BCUT2D eigenvalue weighted by Crippen LogP contribution is 2.06. The third-order valence-corrected chi connectivity index (χ3v) is 3.97. The first-order chi connectivity index (χ1) is 13.2. The summed E-state index contributed by atoms with van der Waals surface area (Å²) in [5.41, 5.74) is 2.13. The molecule has 2 aromatic rings. The lowest BCUT2D eigenvalue weighted by atomic mass is 10.1. The van der Waals surface area contributed by atoms with Crippen molar-refractivity contribution in [1.82, 2.24) is 25.9 Å². The molecular formula is C20H27N5O2. The van der Waals surface area contributed by atoms with E-state index in [1.165, 1.54) is 6.20 Å². The number of nitrogens with zero attached hydrogens (tertiary/aromatic N) is 2. The second kappa shape index (κ2) is 11.7. The highest BCUT2D eigenvalue weighted by Gasteiger charge is 2.07. The van der Waals surface area contributed by atoms with Crippen LogP contribution in [0.4, 0.5) is 0 Å². The van der Waals surface area contributed by atoms with E-state index in [-0.39, 0.29) is 11.8 Å². The lowest BCUT2D eigenvalue weighted by molar-refractivity contribution is 0.0945. The van der Waals surface area contributed by atoms with Crippen LogP contribution in [0.25, 0.3) is 0 Å². The summed E-state index contributed by atoms with van der Waals surface area (Å²) in [6.07, 6.45) is 8.03. The van der Waals surface area contributed by atoms with Crippen molar-refractivity contribution in [2.75, 3.05) is 26.2 Å². The van der Waals surface area contributed by atoms with Crippen molar-refractivity contribution in [3.63, 3.8) is 0 Å². The number of aryl methyl sites for hydroxylation is 1. The summed E-state index contributed by atoms with van der Waals surface area (Å²) in [5, 5.41) is 8.83. The lowest BCUT2D eigenvalue weighted by Gasteiger charge is -2.08. The Kier molecular flexibility index (Phi) is 8.92. The molecule has 2 rings (SSSR count). The molecule has 0 saturated heterocycles. The van der Waals surface area contributed by atoms with Gasteiger partial charge in [-0.25, -0.2) is 0 Å². The van der Waals surface area contributed by atoms with Crippen LogP contribution in [0, 0.1) is 0 Å². The van der Waals surface area contributed by atoms with Gasteiger partial charge in [-0.2, -0.15) is 0 Å². The second-order valence-corrected chi connectivity index (χ2v) is 6.16. The van der Waals surface area contributed by atoms with Crippen molar-refractivity contribution < 1.29 is 9.59 Å². The number of hydrogen-bond acceptors (Lipinski definition) is 5. The molecular weight excluding hydrogens is 342 g/mol. The Balaban J connectivity index is 1.58. The molecule has 0 fully saturated rings. The summed E-state index contributed by atoms with van der Waals surface area (Å²) < 4.78 is 0. The monoisotopic (exact) mass is 369 g/mol. The largest absolute Gasteiger partial charge is 0.351 e. The van der Waals surface area contributed by atoms with Crippen molar-refractivity contribution in [2.24, 2.45) is 0 Å². The normalized spacial score (nSPS) is 10.4. The topological polar surface area (TPSA) is 96.0 Å². The number of unbranched alkanes of at least 4 members (excludes halogenated alkanes) is 1. The molecule has 0 bridgehead atoms. The van der Waals surface area contributed by atoms with Crippen LogP contribution in [-0.4, -0.2) is 48.0 Å². The number of aromatic nitrogens is 2. The van der Waals surface area contributed by atoms with Crippen molar-refractivity contribution >= 4 is 11.8 Å². The third kappa shape index (κ3) is 7.53. The predicted molar refractivity (Wildman–Crippen MR) is 105 cm³/mol. The summed E-state index contributed by atoms with van der Waals surface area (Å²) in [5.74, 6) is -0.313. The molecule has 2 aromatic heterocycles. The van der Waals surface area contributed by atoms with Crippen LogP contribution in [0.15, 0.2) is 42.9 Å². The standard InChI is InChI=1S/C20H27N5O2/c1-2-3-5-16-7-9-23-18(14-16)20(27)25-13-11-21-10-12-24-19(26)17-6-4-8-22-15-17/h4,6-9,14-15,21H,2-3,5,10-13H2,1H3,(H,24,26)(H,25,27). The molecule has 27 heavy (non-hydrogen) atoms. The van der Waals surface area contributed by atoms with Gasteiger partial charge in [0.25, 0.3) is 11.8 Å². The highest BCUT2D eigenvalue weighted by atomic mass is 16.2. The van der Waals surface area contributed by atoms with Crippen molar-refractivity contribution in [3.8, 4) is 0 Å². The zero-order valence-corrected chi connectivity index (χ0v) is 15.7. The van der Waals surface area contributed by atoms with Gasteiger partial charge in [-0.05, 0) is 42.7 Å². The number of hydrogen-bond donors (Lipinski definition) is 3. The van der Waals surface area contributed by atoms with Gasteiger partial charge in [-0.1, -0.05) is 13.3 Å². The van der Waals surface area contributed by atoms with Crippen LogP contribution in [0.1, 0.15) is 46.2 Å². The Labute approximate surface area is 160 Å². The lowest BCUT2D eigenvalue weighted by Crippen LogP contribution is -2.36. The average Bonchev–Trinajstić information content (AvgIpc) is 2.72. The molecule has 0 aliphatic carbocycles. The van der Waals surface area contributed by atoms with E-state index in [1.54, 1.807) is 24.5 Å². The fraction of sp³-hybridized carbons (Fsp3) is 0.400. The van der Waals surface area contributed by atoms with Gasteiger partial charge in [-0.15, -0.1) is 0 Å². The predicted octanol–water partition coefficient (Wildman–Crippen LogP) is 1.57. The summed E-state index contributed by atoms with van der Waals surface area (Å²) >= 11 is 0. The van der Waals surface area contributed by atoms with E-state index in [4.69, 9.17) is 0 Å². The Morgan fingerprint density at radius 1 is 1.00 bits per heavy atom. The second-order valence-electron chi connectivity index (χ2n) is 6.16. The maximum atomic E-state index is 12.1. The zero-order valence-electron chi connectivity index (χ0n) is 15.7. The third-order valence-electron chi connectivity index (χ3n) is 3.97. The molecule has 0 unspecified atom stereocenters. The van der Waals surface area contributed by atoms with Gasteiger partial charge in [-0.3, -0.25) is 19.6 Å². The molecule has 0 spiro atoms. The van der Waals surface area contributed by atoms with E-state index in [0.717, 1.165) is 24.8 Å². The van der Waals surface area contributed by atoms with Gasteiger partial charge in [0.15, 0.2) is 0 Å². The highest BCUT2D eigenvalue weighted by molar-refractivity contribution is 5.93. The van der Waals surface area contributed by atoms with Crippen molar-refractivity contribution in [2.45, 2.75) is 26.2 Å². The van der Waals surface area contributed by atoms with Crippen molar-refractivity contribution in [3.05, 3.63) is 59.7 Å². The smallest absolute Gasteiger partial charge is 0.269 e. The van der Waals surface area contributed by atoms with Crippen LogP contribution >= 0.6 is 0 Å². The quantitative estimate of drug-likeness (QED) is 0.523. The van der Waals surface area contributed by atoms with Crippen LogP contribution in [0.3, 0.4) is 0 Å². The number of pyridine rings is 2. The first-order valence-electron chi connectivity index (χ1n) is 9.32. The molecule has 3 N–H and O–H groups in total. The summed E-state index contributed by atoms with van der Waals surface area (Å²) in [4.78, 5) is 32.0. The van der Waals surface area contributed by atoms with E-state index >= 15 is 0 Å². The zero-order chi connectivity index (χ0) is 19.3. The molecule has 7 nitrogen and oxygen atoms in total. The van der Waals surface area contributed by atoms with Crippen LogP contribution in [0.2, 0.25) is 0 Å². The van der Waals surface area contributed by atoms with Crippen LogP contribution in [0.5, 0.6) is 0 Å². The van der Waals surface area contributed by atoms with Gasteiger partial charge in [0.05, 0.1) is 5.56 Å². The number of carbonyl (C=O) groups excluding carboxylic acids is 2. The minimum atomic E-state index is -0.167. The van der Waals surface area contributed by atoms with Gasteiger partial charge in [0.2, 0.25) is 0 Å². The van der Waals surface area contributed by atoms with E-state index in [1.807, 2.05) is 12.1 Å². The molecule has 2 amide bonds. The minimum Gasteiger partial charge on any atom is -0.351 e. The Hall–Kier alpha value is -2.80. The molecule has 2 heterocycles. The number of nitrogens with one attached hydrogen (secondary N) is 3. The summed E-state index contributed by atoms with van der Waals surface area (Å²) in [6, 6.07) is 7.25. The molecule has 0 atom stereocenters. The van der Waals surface area contributed by atoms with E-state index in [9.17, 15) is 9.59 Å². The maximum Gasteiger partial charge on any atom is 0.269 e. The first-order valence-corrected chi connectivity index (χ1v) is 9.32. The Morgan fingerprint density at radius 2 is 1.78 bits per heavy atom. The average molecular weight is 369 g/mol. The van der Waals surface area contributed by atoms with Crippen LogP contribution < -0.4 is 16.0 Å². The molecule has 0 aromatic carbocycles. The maximum absolute atomic E-state index is 12.1. The fourth-order valence-electron chi connectivity index (χ4n) is 2.48. The van der Waals surface area contributed by atoms with Gasteiger partial charge < -0.3 is 16.0 Å². The van der Waals surface area contributed by atoms with Gasteiger partial charge in [0, 0.05) is 44.8 Å². The number of carbonyl (C=O) groups is 2. The number of amides is 2. The van der Waals surface area contributed by atoms with E-state index in [0.29, 0.717) is 37.4 Å². The van der Waals surface area contributed by atoms with E-state index < -0.39 is 0 Å². The fourth-order valence-corrected chi connectivity index (χ4v) is 2.48.